The van der Waals surface area contributed by atoms with Crippen molar-refractivity contribution in [1.29, 1.82) is 0 Å². The first-order valence-electron chi connectivity index (χ1n) is 7.06. The maximum atomic E-state index is 12.5. The van der Waals surface area contributed by atoms with Gasteiger partial charge in [-0.2, -0.15) is 5.10 Å². The third-order valence-corrected chi connectivity index (χ3v) is 4.10. The standard InChI is InChI=1S/C13H18N4O5/c1-7-3-10-9(5-16(7)13(20)21)11-12(19)15(2)22-8(6-18)4-17(11)14-10/h7-8,18H,3-6H2,1-2H3,(H,20,21). The van der Waals surface area contributed by atoms with Gasteiger partial charge in [0, 0.05) is 25.1 Å². The Balaban J connectivity index is 2.05. The zero-order chi connectivity index (χ0) is 16.0. The summed E-state index contributed by atoms with van der Waals surface area (Å²) in [6.45, 7) is 1.95. The molecule has 0 saturated heterocycles. The molecule has 3 rings (SSSR count). The molecule has 0 fully saturated rings. The summed E-state index contributed by atoms with van der Waals surface area (Å²) in [6.07, 6.45) is -1.12. The molecule has 2 unspecified atom stereocenters. The second kappa shape index (κ2) is 5.25. The van der Waals surface area contributed by atoms with Crippen molar-refractivity contribution in [2.45, 2.75) is 38.6 Å². The number of fused-ring (bicyclic) bond motifs is 3. The Morgan fingerprint density at radius 2 is 2.23 bits per heavy atom. The van der Waals surface area contributed by atoms with Gasteiger partial charge in [0.2, 0.25) is 0 Å². The Morgan fingerprint density at radius 3 is 2.86 bits per heavy atom. The van der Waals surface area contributed by atoms with Crippen LogP contribution in [0.1, 0.15) is 28.7 Å². The third-order valence-electron chi connectivity index (χ3n) is 4.10. The molecule has 22 heavy (non-hydrogen) atoms. The predicted molar refractivity (Wildman–Crippen MR) is 73.0 cm³/mol. The molecular weight excluding hydrogens is 292 g/mol. The molecule has 2 amide bonds. The highest BCUT2D eigenvalue weighted by molar-refractivity contribution is 5.94. The number of aromatic nitrogens is 2. The van der Waals surface area contributed by atoms with Crippen LogP contribution >= 0.6 is 0 Å². The van der Waals surface area contributed by atoms with Crippen molar-refractivity contribution in [2.24, 2.45) is 0 Å². The summed E-state index contributed by atoms with van der Waals surface area (Å²) in [5, 5.41) is 24.1. The first-order valence-corrected chi connectivity index (χ1v) is 7.06. The number of nitrogens with zero attached hydrogens (tertiary/aromatic N) is 4. The number of carbonyl (C=O) groups excluding carboxylic acids is 1. The Labute approximate surface area is 126 Å². The zero-order valence-corrected chi connectivity index (χ0v) is 12.4. The number of aliphatic hydroxyl groups excluding tert-OH is 1. The van der Waals surface area contributed by atoms with Gasteiger partial charge in [-0.25, -0.2) is 9.86 Å². The van der Waals surface area contributed by atoms with Gasteiger partial charge in [-0.3, -0.25) is 14.3 Å². The average Bonchev–Trinajstić information content (AvgIpc) is 2.75. The lowest BCUT2D eigenvalue weighted by atomic mass is 10.00. The van der Waals surface area contributed by atoms with Crippen LogP contribution in [0.25, 0.3) is 0 Å². The Morgan fingerprint density at radius 1 is 1.50 bits per heavy atom. The minimum Gasteiger partial charge on any atom is -0.465 e. The highest BCUT2D eigenvalue weighted by Crippen LogP contribution is 2.28. The fourth-order valence-corrected chi connectivity index (χ4v) is 2.96. The van der Waals surface area contributed by atoms with Crippen LogP contribution in [0, 0.1) is 0 Å². The van der Waals surface area contributed by atoms with Crippen molar-refractivity contribution in [3.05, 3.63) is 17.0 Å². The molecular formula is C13H18N4O5. The summed E-state index contributed by atoms with van der Waals surface area (Å²) in [5.41, 5.74) is 1.70. The molecule has 2 aliphatic rings. The monoisotopic (exact) mass is 310 g/mol. The summed E-state index contributed by atoms with van der Waals surface area (Å²) in [4.78, 5) is 30.4. The molecule has 9 nitrogen and oxygen atoms in total. The van der Waals surface area contributed by atoms with E-state index < -0.39 is 12.2 Å². The van der Waals surface area contributed by atoms with Gasteiger partial charge in [0.05, 0.1) is 25.4 Å². The molecule has 9 heteroatoms. The topological polar surface area (TPSA) is 108 Å². The smallest absolute Gasteiger partial charge is 0.407 e. The minimum absolute atomic E-state index is 0.130. The van der Waals surface area contributed by atoms with Gasteiger partial charge in [0.15, 0.2) is 0 Å². The number of rotatable bonds is 1. The van der Waals surface area contributed by atoms with E-state index in [1.54, 1.807) is 0 Å². The van der Waals surface area contributed by atoms with Crippen LogP contribution in [0.3, 0.4) is 0 Å². The summed E-state index contributed by atoms with van der Waals surface area (Å²) in [7, 11) is 1.47. The van der Waals surface area contributed by atoms with Crippen molar-refractivity contribution in [3.63, 3.8) is 0 Å². The largest absolute Gasteiger partial charge is 0.465 e. The van der Waals surface area contributed by atoms with Crippen molar-refractivity contribution >= 4 is 12.0 Å². The molecule has 0 spiro atoms. The van der Waals surface area contributed by atoms with Crippen molar-refractivity contribution in [3.8, 4) is 0 Å². The van der Waals surface area contributed by atoms with Gasteiger partial charge >= 0.3 is 6.09 Å². The van der Waals surface area contributed by atoms with E-state index >= 15 is 0 Å². The lowest BCUT2D eigenvalue weighted by molar-refractivity contribution is -0.159. The Kier molecular flexibility index (Phi) is 3.53. The highest BCUT2D eigenvalue weighted by Gasteiger charge is 2.37. The van der Waals surface area contributed by atoms with Gasteiger partial charge in [-0.05, 0) is 6.92 Å². The normalized spacial score (nSPS) is 24.8. The number of hydrogen-bond donors (Lipinski definition) is 2. The highest BCUT2D eigenvalue weighted by atomic mass is 16.7. The number of amides is 2. The van der Waals surface area contributed by atoms with Crippen LogP contribution in [0.5, 0.6) is 0 Å². The lowest BCUT2D eigenvalue weighted by Gasteiger charge is -2.30. The van der Waals surface area contributed by atoms with E-state index in [0.717, 1.165) is 10.8 Å². The van der Waals surface area contributed by atoms with Gasteiger partial charge in [0.25, 0.3) is 5.91 Å². The molecule has 120 valence electrons. The first-order chi connectivity index (χ1) is 10.4. The van der Waals surface area contributed by atoms with E-state index in [9.17, 15) is 19.8 Å². The molecule has 0 radical (unpaired) electrons. The fraction of sp³-hybridized carbons (Fsp3) is 0.615. The van der Waals surface area contributed by atoms with E-state index in [1.807, 2.05) is 6.92 Å². The number of hydrogen-bond acceptors (Lipinski definition) is 5. The van der Waals surface area contributed by atoms with Crippen molar-refractivity contribution in [2.75, 3.05) is 13.7 Å². The SMILES string of the molecule is CC1Cc2nn3c(c2CN1C(=O)O)C(=O)N(C)OC(CO)C3. The minimum atomic E-state index is -1.02. The maximum absolute atomic E-state index is 12.5. The molecule has 2 aliphatic heterocycles. The van der Waals surface area contributed by atoms with Crippen LogP contribution < -0.4 is 0 Å². The summed E-state index contributed by atoms with van der Waals surface area (Å²) in [5.74, 6) is -0.385. The van der Waals surface area contributed by atoms with Crippen LogP contribution in [-0.4, -0.2) is 67.8 Å². The van der Waals surface area contributed by atoms with E-state index in [2.05, 4.69) is 5.10 Å². The van der Waals surface area contributed by atoms with Crippen LogP contribution in [0.2, 0.25) is 0 Å². The maximum Gasteiger partial charge on any atom is 0.407 e. The van der Waals surface area contributed by atoms with Gasteiger partial charge in [-0.15, -0.1) is 0 Å². The molecule has 2 atom stereocenters. The Hall–Kier alpha value is -2.13. The molecule has 0 aromatic carbocycles. The molecule has 3 heterocycles. The summed E-state index contributed by atoms with van der Waals surface area (Å²) >= 11 is 0. The van der Waals surface area contributed by atoms with Crippen LogP contribution in [0.15, 0.2) is 0 Å². The second-order valence-electron chi connectivity index (χ2n) is 5.63. The number of carbonyl (C=O) groups is 2. The zero-order valence-electron chi connectivity index (χ0n) is 12.4. The van der Waals surface area contributed by atoms with Gasteiger partial charge in [0.1, 0.15) is 11.8 Å². The molecule has 1 aromatic heterocycles. The first kappa shape index (κ1) is 14.8. The van der Waals surface area contributed by atoms with Gasteiger partial charge < -0.3 is 15.1 Å². The average molecular weight is 310 g/mol. The molecule has 1 aromatic rings. The number of hydroxylamine groups is 2. The molecule has 0 saturated carbocycles. The van der Waals surface area contributed by atoms with E-state index in [4.69, 9.17) is 4.84 Å². The molecule has 0 bridgehead atoms. The second-order valence-corrected chi connectivity index (χ2v) is 5.63. The van der Waals surface area contributed by atoms with Gasteiger partial charge in [-0.1, -0.05) is 0 Å². The van der Waals surface area contributed by atoms with E-state index in [0.29, 0.717) is 17.7 Å². The lowest BCUT2D eigenvalue weighted by Crippen LogP contribution is -2.42. The van der Waals surface area contributed by atoms with E-state index in [1.165, 1.54) is 16.6 Å². The number of carboxylic acid groups (broad SMARTS) is 1. The molecule has 0 aliphatic carbocycles. The summed E-state index contributed by atoms with van der Waals surface area (Å²) in [6, 6.07) is -0.193. The quantitative estimate of drug-likeness (QED) is 0.736. The Bertz CT molecular complexity index is 628. The summed E-state index contributed by atoms with van der Waals surface area (Å²) < 4.78 is 1.52. The van der Waals surface area contributed by atoms with Crippen LogP contribution in [0.4, 0.5) is 4.79 Å². The molecule has 2 N–H and O–H groups in total. The van der Waals surface area contributed by atoms with E-state index in [-0.39, 0.29) is 31.6 Å². The fourth-order valence-electron chi connectivity index (χ4n) is 2.96. The predicted octanol–water partition coefficient (Wildman–Crippen LogP) is -0.314. The van der Waals surface area contributed by atoms with Crippen LogP contribution in [-0.2, 0) is 24.3 Å². The van der Waals surface area contributed by atoms with Crippen molar-refractivity contribution in [1.82, 2.24) is 19.7 Å². The third kappa shape index (κ3) is 2.22. The number of aliphatic hydroxyl groups is 1. The van der Waals surface area contributed by atoms with Crippen molar-refractivity contribution < 1.29 is 24.6 Å².